The summed E-state index contributed by atoms with van der Waals surface area (Å²) in [4.78, 5) is 27.0. The number of ketones is 1. The molecule has 0 saturated carbocycles. The van der Waals surface area contributed by atoms with Crippen LogP contribution in [0.4, 0.5) is 5.69 Å². The van der Waals surface area contributed by atoms with Crippen molar-refractivity contribution in [3.8, 4) is 11.5 Å². The molecule has 1 heterocycles. The van der Waals surface area contributed by atoms with Crippen LogP contribution in [0.25, 0.3) is 16.3 Å². The third kappa shape index (κ3) is 4.87. The van der Waals surface area contributed by atoms with E-state index in [1.807, 2.05) is 55.5 Å². The van der Waals surface area contributed by atoms with Crippen molar-refractivity contribution >= 4 is 33.8 Å². The molecule has 212 valence electrons. The molecule has 2 atom stereocenters. The summed E-state index contributed by atoms with van der Waals surface area (Å²) in [5, 5.41) is 5.97. The Balaban J connectivity index is 1.31. The SMILES string of the molecule is COc1cc([C@@H]2Nc3ccc4ccccc4c3C3=C2C(=O)C[C@@H](c2ccccc2)C3)ccc1OC(=O)c1ccc(C)cc1. The monoisotopic (exact) mass is 565 g/mol. The summed E-state index contributed by atoms with van der Waals surface area (Å²) in [5.74, 6) is 0.544. The molecular formula is C38H31NO4. The van der Waals surface area contributed by atoms with Gasteiger partial charge in [0.15, 0.2) is 17.3 Å². The molecular weight excluding hydrogens is 534 g/mol. The van der Waals surface area contributed by atoms with Gasteiger partial charge in [0.1, 0.15) is 0 Å². The van der Waals surface area contributed by atoms with Crippen LogP contribution in [-0.2, 0) is 4.79 Å². The van der Waals surface area contributed by atoms with Gasteiger partial charge in [-0.1, -0.05) is 84.4 Å². The van der Waals surface area contributed by atoms with Gasteiger partial charge in [-0.25, -0.2) is 4.79 Å². The predicted molar refractivity (Wildman–Crippen MR) is 170 cm³/mol. The third-order valence-corrected chi connectivity index (χ3v) is 8.61. The predicted octanol–water partition coefficient (Wildman–Crippen LogP) is 8.44. The minimum absolute atomic E-state index is 0.108. The van der Waals surface area contributed by atoms with Gasteiger partial charge in [-0.3, -0.25) is 4.79 Å². The molecule has 0 radical (unpaired) electrons. The van der Waals surface area contributed by atoms with Crippen LogP contribution in [0.5, 0.6) is 11.5 Å². The van der Waals surface area contributed by atoms with Gasteiger partial charge in [0.05, 0.1) is 18.7 Å². The second kappa shape index (κ2) is 10.9. The number of methoxy groups -OCH3 is 1. The van der Waals surface area contributed by atoms with E-state index in [0.29, 0.717) is 23.5 Å². The Bertz CT molecular complexity index is 1910. The van der Waals surface area contributed by atoms with E-state index < -0.39 is 5.97 Å². The number of allylic oxidation sites excluding steroid dienone is 1. The van der Waals surface area contributed by atoms with Crippen LogP contribution in [0, 0.1) is 6.92 Å². The summed E-state index contributed by atoms with van der Waals surface area (Å²) in [6.07, 6.45) is 1.22. The molecule has 0 spiro atoms. The molecule has 1 aliphatic carbocycles. The van der Waals surface area contributed by atoms with Crippen LogP contribution in [-0.4, -0.2) is 18.9 Å². The fourth-order valence-electron chi connectivity index (χ4n) is 6.45. The largest absolute Gasteiger partial charge is 0.493 e. The fourth-order valence-corrected chi connectivity index (χ4v) is 6.45. The zero-order valence-corrected chi connectivity index (χ0v) is 24.1. The number of hydrogen-bond donors (Lipinski definition) is 1. The van der Waals surface area contributed by atoms with E-state index in [1.54, 1.807) is 25.3 Å². The van der Waals surface area contributed by atoms with Gasteiger partial charge >= 0.3 is 5.97 Å². The molecule has 0 saturated heterocycles. The maximum Gasteiger partial charge on any atom is 0.343 e. The number of benzene rings is 5. The molecule has 7 rings (SSSR count). The number of rotatable bonds is 5. The lowest BCUT2D eigenvalue weighted by atomic mass is 9.71. The zero-order chi connectivity index (χ0) is 29.5. The molecule has 5 aromatic rings. The summed E-state index contributed by atoms with van der Waals surface area (Å²) in [5.41, 5.74) is 7.56. The number of aryl methyl sites for hydroxylation is 1. The van der Waals surface area contributed by atoms with E-state index in [0.717, 1.165) is 50.7 Å². The molecule has 2 aliphatic rings. The molecule has 5 heteroatoms. The van der Waals surface area contributed by atoms with Gasteiger partial charge < -0.3 is 14.8 Å². The van der Waals surface area contributed by atoms with Gasteiger partial charge in [0.2, 0.25) is 0 Å². The Morgan fingerprint density at radius 2 is 1.56 bits per heavy atom. The summed E-state index contributed by atoms with van der Waals surface area (Å²) in [6.45, 7) is 1.97. The van der Waals surface area contributed by atoms with Crippen LogP contribution in [0.15, 0.2) is 115 Å². The molecule has 43 heavy (non-hydrogen) atoms. The quantitative estimate of drug-likeness (QED) is 0.171. The average Bonchev–Trinajstić information content (AvgIpc) is 3.04. The lowest BCUT2D eigenvalue weighted by Crippen LogP contribution is -2.29. The second-order valence-corrected chi connectivity index (χ2v) is 11.3. The molecule has 5 nitrogen and oxygen atoms in total. The van der Waals surface area contributed by atoms with Gasteiger partial charge in [0, 0.05) is 23.2 Å². The molecule has 1 aliphatic heterocycles. The summed E-state index contributed by atoms with van der Waals surface area (Å²) in [6, 6.07) is 35.3. The van der Waals surface area contributed by atoms with Crippen LogP contribution in [0.2, 0.25) is 0 Å². The fraction of sp³-hybridized carbons (Fsp3) is 0.158. The van der Waals surface area contributed by atoms with Gasteiger partial charge in [-0.15, -0.1) is 0 Å². The van der Waals surface area contributed by atoms with E-state index >= 15 is 0 Å². The van der Waals surface area contributed by atoms with Crippen molar-refractivity contribution in [3.05, 3.63) is 143 Å². The van der Waals surface area contributed by atoms with Crippen LogP contribution in [0.1, 0.15) is 57.4 Å². The summed E-state index contributed by atoms with van der Waals surface area (Å²) in [7, 11) is 1.55. The minimum atomic E-state index is -0.456. The summed E-state index contributed by atoms with van der Waals surface area (Å²) < 4.78 is 11.4. The van der Waals surface area contributed by atoms with Crippen molar-refractivity contribution < 1.29 is 19.1 Å². The number of nitrogens with one attached hydrogen (secondary N) is 1. The number of ether oxygens (including phenoxy) is 2. The maximum atomic E-state index is 14.1. The van der Waals surface area contributed by atoms with Crippen molar-refractivity contribution in [2.45, 2.75) is 31.7 Å². The van der Waals surface area contributed by atoms with E-state index in [-0.39, 0.29) is 17.7 Å². The first-order valence-corrected chi connectivity index (χ1v) is 14.6. The highest BCUT2D eigenvalue weighted by molar-refractivity contribution is 6.13. The highest BCUT2D eigenvalue weighted by atomic mass is 16.6. The standard InChI is InChI=1S/C38H31NO4/c1-23-12-14-26(15-13-23)38(41)43-33-19-17-27(22-34(33)42-2)37-36-30(20-28(21-32(36)40)24-8-4-3-5-9-24)35-29-11-7-6-10-25(29)16-18-31(35)39-37/h3-19,22,28,37,39H,20-21H2,1-2H3/t28-,37-/m0/s1. The molecule has 5 aromatic carbocycles. The van der Waals surface area contributed by atoms with Crippen molar-refractivity contribution in [2.24, 2.45) is 0 Å². The first-order chi connectivity index (χ1) is 21.0. The lowest BCUT2D eigenvalue weighted by molar-refractivity contribution is -0.116. The number of carbonyl (C=O) groups is 2. The smallest absolute Gasteiger partial charge is 0.343 e. The van der Waals surface area contributed by atoms with E-state index in [4.69, 9.17) is 9.47 Å². The Hall–Kier alpha value is -5.16. The average molecular weight is 566 g/mol. The number of carbonyl (C=O) groups excluding carboxylic acids is 2. The number of Topliss-reactive ketones (excluding diaryl/α,β-unsaturated/α-hetero) is 1. The summed E-state index contributed by atoms with van der Waals surface area (Å²) >= 11 is 0. The zero-order valence-electron chi connectivity index (χ0n) is 24.1. The van der Waals surface area contributed by atoms with Crippen molar-refractivity contribution in [2.75, 3.05) is 12.4 Å². The third-order valence-electron chi connectivity index (χ3n) is 8.61. The van der Waals surface area contributed by atoms with Crippen molar-refractivity contribution in [1.82, 2.24) is 0 Å². The number of fused-ring (bicyclic) bond motifs is 4. The van der Waals surface area contributed by atoms with E-state index in [1.165, 1.54) is 5.56 Å². The van der Waals surface area contributed by atoms with E-state index in [2.05, 4.69) is 47.8 Å². The number of hydrogen-bond acceptors (Lipinski definition) is 5. The maximum absolute atomic E-state index is 14.1. The first kappa shape index (κ1) is 26.7. The molecule has 0 amide bonds. The van der Waals surface area contributed by atoms with E-state index in [9.17, 15) is 9.59 Å². The minimum Gasteiger partial charge on any atom is -0.493 e. The Morgan fingerprint density at radius 1 is 0.791 bits per heavy atom. The van der Waals surface area contributed by atoms with Gasteiger partial charge in [-0.2, -0.15) is 0 Å². The molecule has 0 aromatic heterocycles. The number of esters is 1. The lowest BCUT2D eigenvalue weighted by Gasteiger charge is -2.37. The molecule has 0 unspecified atom stereocenters. The highest BCUT2D eigenvalue weighted by Crippen LogP contribution is 2.51. The van der Waals surface area contributed by atoms with Crippen LogP contribution >= 0.6 is 0 Å². The number of anilines is 1. The highest BCUT2D eigenvalue weighted by Gasteiger charge is 2.38. The molecule has 0 fully saturated rings. The van der Waals surface area contributed by atoms with Crippen LogP contribution in [0.3, 0.4) is 0 Å². The van der Waals surface area contributed by atoms with Gasteiger partial charge in [-0.05, 0) is 77.1 Å². The topological polar surface area (TPSA) is 64.6 Å². The Labute approximate surface area is 250 Å². The second-order valence-electron chi connectivity index (χ2n) is 11.3. The van der Waals surface area contributed by atoms with Crippen molar-refractivity contribution in [1.29, 1.82) is 0 Å². The van der Waals surface area contributed by atoms with Crippen LogP contribution < -0.4 is 14.8 Å². The Kier molecular flexibility index (Phi) is 6.78. The van der Waals surface area contributed by atoms with Crippen molar-refractivity contribution in [3.63, 3.8) is 0 Å². The normalized spacial score (nSPS) is 17.6. The van der Waals surface area contributed by atoms with Gasteiger partial charge in [0.25, 0.3) is 0 Å². The molecule has 0 bridgehead atoms. The molecule has 1 N–H and O–H groups in total. The Morgan fingerprint density at radius 3 is 2.35 bits per heavy atom. The first-order valence-electron chi connectivity index (χ1n) is 14.6.